The van der Waals surface area contributed by atoms with Gasteiger partial charge in [-0.3, -0.25) is 24.0 Å². The third kappa shape index (κ3) is 10.3. The van der Waals surface area contributed by atoms with E-state index >= 15 is 0 Å². The summed E-state index contributed by atoms with van der Waals surface area (Å²) in [5, 5.41) is 7.19. The van der Waals surface area contributed by atoms with Gasteiger partial charge in [-0.2, -0.15) is 0 Å². The lowest BCUT2D eigenvalue weighted by molar-refractivity contribution is -0.141. The average molecular weight is 511 g/mol. The Morgan fingerprint density at radius 2 is 1.60 bits per heavy atom. The Morgan fingerprint density at radius 3 is 2.11 bits per heavy atom. The molecule has 3 atom stereocenters. The second-order valence-electron chi connectivity index (χ2n) is 8.53. The molecule has 0 aliphatic carbocycles. The van der Waals surface area contributed by atoms with Crippen molar-refractivity contribution >= 4 is 39.2 Å². The number of nitrogens with one attached hydrogen (secondary N) is 3. The number of nitrogens with zero attached hydrogens (tertiary/aromatic N) is 1. The molecule has 0 fully saturated rings. The topological polar surface area (TPSA) is 159 Å². The Bertz CT molecular complexity index is 1030. The second kappa shape index (κ2) is 13.6. The third-order valence-electron chi connectivity index (χ3n) is 4.97. The number of sulfone groups is 1. The zero-order valence-electron chi connectivity index (χ0n) is 20.7. The number of Topliss-reactive ketones (excluding diaryl/α,β-unsaturated/α-hetero) is 1. The molecule has 0 aliphatic heterocycles. The Hall–Kier alpha value is -3.28. The molecule has 0 saturated heterocycles. The lowest BCUT2D eigenvalue weighted by Crippen LogP contribution is -2.51. The molecule has 1 rings (SSSR count). The molecule has 0 radical (unpaired) electrons. The Labute approximate surface area is 205 Å². The molecule has 0 spiro atoms. The predicted molar refractivity (Wildman–Crippen MR) is 130 cm³/mol. The molecule has 0 aromatic heterocycles. The first-order valence-electron chi connectivity index (χ1n) is 11.1. The fourth-order valence-electron chi connectivity index (χ4n) is 3.21. The van der Waals surface area contributed by atoms with Crippen molar-refractivity contribution in [2.45, 2.75) is 38.8 Å². The van der Waals surface area contributed by atoms with E-state index in [0.29, 0.717) is 12.0 Å². The summed E-state index contributed by atoms with van der Waals surface area (Å²) < 4.78 is 22.8. The zero-order valence-corrected chi connectivity index (χ0v) is 21.5. The van der Waals surface area contributed by atoms with Crippen molar-refractivity contribution < 1.29 is 32.4 Å². The van der Waals surface area contributed by atoms with E-state index in [1.165, 1.54) is 11.8 Å². The maximum absolute atomic E-state index is 12.6. The number of hydrogen-bond donors (Lipinski definition) is 3. The maximum Gasteiger partial charge on any atom is 0.290 e. The summed E-state index contributed by atoms with van der Waals surface area (Å²) in [6, 6.07) is 6.42. The molecule has 1 aromatic rings. The van der Waals surface area contributed by atoms with Crippen molar-refractivity contribution in [2.24, 2.45) is 5.92 Å². The van der Waals surface area contributed by atoms with Gasteiger partial charge in [0.1, 0.15) is 15.9 Å². The van der Waals surface area contributed by atoms with Gasteiger partial charge < -0.3 is 20.9 Å². The number of hydrogen-bond acceptors (Lipinski definition) is 7. The van der Waals surface area contributed by atoms with Gasteiger partial charge in [0.15, 0.2) is 0 Å². The molecular weight excluding hydrogens is 476 g/mol. The molecule has 35 heavy (non-hydrogen) atoms. The summed E-state index contributed by atoms with van der Waals surface area (Å²) >= 11 is 0. The smallest absolute Gasteiger partial charge is 0.290 e. The van der Waals surface area contributed by atoms with E-state index in [9.17, 15) is 32.4 Å². The second-order valence-corrected chi connectivity index (χ2v) is 10.7. The van der Waals surface area contributed by atoms with Crippen LogP contribution in [0.1, 0.15) is 38.3 Å². The highest BCUT2D eigenvalue weighted by atomic mass is 32.2. The minimum absolute atomic E-state index is 0.156. The molecule has 0 saturated carbocycles. The Balaban J connectivity index is 2.78. The van der Waals surface area contributed by atoms with Crippen LogP contribution in [0.4, 0.5) is 0 Å². The summed E-state index contributed by atoms with van der Waals surface area (Å²) in [5.74, 6) is -5.06. The number of rotatable bonds is 13. The van der Waals surface area contributed by atoms with E-state index in [1.807, 2.05) is 0 Å². The number of benzene rings is 1. The third-order valence-corrected chi connectivity index (χ3v) is 6.08. The van der Waals surface area contributed by atoms with Crippen LogP contribution in [0.25, 0.3) is 0 Å². The summed E-state index contributed by atoms with van der Waals surface area (Å²) in [6.45, 7) is 2.60. The van der Waals surface area contributed by atoms with Crippen LogP contribution in [-0.4, -0.2) is 81.4 Å². The van der Waals surface area contributed by atoms with E-state index in [1.54, 1.807) is 51.4 Å². The molecule has 194 valence electrons. The van der Waals surface area contributed by atoms with Crippen LogP contribution in [0.5, 0.6) is 0 Å². The van der Waals surface area contributed by atoms with Gasteiger partial charge in [0.25, 0.3) is 5.91 Å². The first kappa shape index (κ1) is 29.8. The van der Waals surface area contributed by atoms with E-state index in [2.05, 4.69) is 16.0 Å². The highest BCUT2D eigenvalue weighted by Gasteiger charge is 2.29. The maximum atomic E-state index is 12.6. The van der Waals surface area contributed by atoms with Gasteiger partial charge in [0, 0.05) is 26.3 Å². The van der Waals surface area contributed by atoms with Crippen molar-refractivity contribution in [3.8, 4) is 0 Å². The van der Waals surface area contributed by atoms with Crippen LogP contribution < -0.4 is 16.0 Å². The molecule has 12 heteroatoms. The fourth-order valence-corrected chi connectivity index (χ4v) is 4.27. The predicted octanol–water partition coefficient (Wildman–Crippen LogP) is -0.417. The van der Waals surface area contributed by atoms with Crippen molar-refractivity contribution in [3.05, 3.63) is 35.9 Å². The van der Waals surface area contributed by atoms with Crippen LogP contribution in [-0.2, 0) is 33.8 Å². The molecule has 4 amide bonds. The summed E-state index contributed by atoms with van der Waals surface area (Å²) in [5.41, 5.74) is 0.552. The van der Waals surface area contributed by atoms with Gasteiger partial charge in [-0.25, -0.2) is 8.42 Å². The molecule has 0 heterocycles. The van der Waals surface area contributed by atoms with Crippen molar-refractivity contribution in [3.63, 3.8) is 0 Å². The van der Waals surface area contributed by atoms with Gasteiger partial charge in [-0.05, 0) is 12.0 Å². The Morgan fingerprint density at radius 1 is 1.00 bits per heavy atom. The normalized spacial score (nSPS) is 13.6. The van der Waals surface area contributed by atoms with Crippen molar-refractivity contribution in [1.29, 1.82) is 0 Å². The zero-order chi connectivity index (χ0) is 26.8. The van der Waals surface area contributed by atoms with Crippen LogP contribution >= 0.6 is 0 Å². The van der Waals surface area contributed by atoms with E-state index < -0.39 is 63.6 Å². The highest BCUT2D eigenvalue weighted by molar-refractivity contribution is 7.90. The quantitative estimate of drug-likeness (QED) is 0.304. The van der Waals surface area contributed by atoms with Crippen LogP contribution in [0.3, 0.4) is 0 Å². The van der Waals surface area contributed by atoms with Gasteiger partial charge in [0.05, 0.1) is 18.3 Å². The number of carbonyl (C=O) groups excluding carboxylic acids is 5. The minimum Gasteiger partial charge on any atom is -0.347 e. The molecule has 3 N–H and O–H groups in total. The fraction of sp³-hybridized carbons (Fsp3) is 0.522. The molecule has 0 bridgehead atoms. The molecular formula is C23H34N4O7S. The monoisotopic (exact) mass is 510 g/mol. The molecule has 11 nitrogen and oxygen atoms in total. The number of amides is 4. The van der Waals surface area contributed by atoms with Crippen LogP contribution in [0.15, 0.2) is 30.3 Å². The minimum atomic E-state index is -3.41. The first-order valence-corrected chi connectivity index (χ1v) is 13.2. The standard InChI is InChI=1S/C23H34N4O7S/c1-6-10-17(25-21(30)15(2)14-35(5,33)34)20(29)22(31)24-13-18(28)26-19(23(32)27(3)4)16-11-8-7-9-12-16/h7-9,11-12,15,17,19H,6,10,13-14H2,1-5H3,(H,24,31)(H,25,30)(H,26,28)/t15?,17?,19-/m0/s1. The molecule has 0 aliphatic rings. The van der Waals surface area contributed by atoms with Gasteiger partial charge in [0.2, 0.25) is 23.5 Å². The number of likely N-dealkylation sites (N-methyl/N-ethyl adjacent to an activating group) is 1. The number of ketones is 1. The van der Waals surface area contributed by atoms with Gasteiger partial charge in [-0.15, -0.1) is 0 Å². The van der Waals surface area contributed by atoms with Gasteiger partial charge >= 0.3 is 0 Å². The van der Waals surface area contributed by atoms with Crippen molar-refractivity contribution in [1.82, 2.24) is 20.9 Å². The molecule has 1 aromatic carbocycles. The molecule has 2 unspecified atom stereocenters. The van der Waals surface area contributed by atoms with Crippen LogP contribution in [0.2, 0.25) is 0 Å². The lowest BCUT2D eigenvalue weighted by atomic mass is 10.0. The first-order chi connectivity index (χ1) is 16.3. The van der Waals surface area contributed by atoms with Crippen molar-refractivity contribution in [2.75, 3.05) is 32.6 Å². The number of carbonyl (C=O) groups is 5. The average Bonchev–Trinajstić information content (AvgIpc) is 2.79. The highest BCUT2D eigenvalue weighted by Crippen LogP contribution is 2.14. The summed E-state index contributed by atoms with van der Waals surface area (Å²) in [4.78, 5) is 63.6. The van der Waals surface area contributed by atoms with E-state index in [0.717, 1.165) is 6.26 Å². The lowest BCUT2D eigenvalue weighted by Gasteiger charge is -2.22. The van der Waals surface area contributed by atoms with E-state index in [-0.39, 0.29) is 12.3 Å². The summed E-state index contributed by atoms with van der Waals surface area (Å²) in [7, 11) is -0.319. The summed E-state index contributed by atoms with van der Waals surface area (Å²) in [6.07, 6.45) is 1.62. The van der Waals surface area contributed by atoms with E-state index in [4.69, 9.17) is 0 Å². The SMILES string of the molecule is CCCC(NC(=O)C(C)CS(C)(=O)=O)C(=O)C(=O)NCC(=O)N[C@H](C(=O)N(C)C)c1ccccc1. The largest absolute Gasteiger partial charge is 0.347 e. The van der Waals surface area contributed by atoms with Gasteiger partial charge in [-0.1, -0.05) is 50.6 Å². The Kier molecular flexibility index (Phi) is 11.5. The van der Waals surface area contributed by atoms with Crippen LogP contribution in [0, 0.1) is 5.92 Å².